The molecule has 6 nitrogen and oxygen atoms in total. The van der Waals surface area contributed by atoms with E-state index in [0.29, 0.717) is 29.9 Å². The van der Waals surface area contributed by atoms with E-state index in [2.05, 4.69) is 22.8 Å². The quantitative estimate of drug-likeness (QED) is 0.495. The van der Waals surface area contributed by atoms with Gasteiger partial charge in [-0.15, -0.1) is 0 Å². The lowest BCUT2D eigenvalue weighted by Gasteiger charge is -2.56. The zero-order valence-electron chi connectivity index (χ0n) is 22.3. The summed E-state index contributed by atoms with van der Waals surface area (Å²) in [5.41, 5.74) is 2.60. The molecule has 2 unspecified atom stereocenters. The number of nitrogens with zero attached hydrogens (tertiary/aromatic N) is 1. The Labute approximate surface area is 225 Å². The molecule has 2 aromatic carbocycles. The molecule has 5 aliphatic rings. The number of amides is 3. The predicted molar refractivity (Wildman–Crippen MR) is 147 cm³/mol. The van der Waals surface area contributed by atoms with Gasteiger partial charge >= 0.3 is 6.03 Å². The third-order valence-corrected chi connectivity index (χ3v) is 9.67. The number of urea groups is 1. The number of aryl methyl sites for hydroxylation is 1. The van der Waals surface area contributed by atoms with Gasteiger partial charge in [0.1, 0.15) is 6.04 Å². The van der Waals surface area contributed by atoms with Gasteiger partial charge in [-0.3, -0.25) is 9.59 Å². The standard InChI is InChI=1S/C32H39N3O3/c1-21-10-12-26(13-11-21)33-31(38)34-27-8-5-9-28(25-6-3-2-4-7-25)35(30(27)37)20-29(36)32-17-22-14-23(18-32)16-24(15-22)19-32/h2-4,6-7,10-13,22-24,27-28H,5,8-9,14-20H2,1H3,(H2,33,34,38). The highest BCUT2D eigenvalue weighted by molar-refractivity contribution is 5.96. The Bertz CT molecular complexity index is 1160. The Morgan fingerprint density at radius 2 is 1.53 bits per heavy atom. The van der Waals surface area contributed by atoms with Crippen molar-refractivity contribution in [1.82, 2.24) is 10.2 Å². The third-order valence-electron chi connectivity index (χ3n) is 9.67. The lowest BCUT2D eigenvalue weighted by Crippen LogP contribution is -2.55. The highest BCUT2D eigenvalue weighted by Crippen LogP contribution is 2.60. The van der Waals surface area contributed by atoms with E-state index >= 15 is 0 Å². The Morgan fingerprint density at radius 3 is 2.16 bits per heavy atom. The first-order chi connectivity index (χ1) is 18.4. The first kappa shape index (κ1) is 25.1. The number of carbonyl (C=O) groups is 3. The lowest BCUT2D eigenvalue weighted by molar-refractivity contribution is -0.150. The number of anilines is 1. The van der Waals surface area contributed by atoms with Crippen LogP contribution in [0.15, 0.2) is 54.6 Å². The molecule has 4 saturated carbocycles. The van der Waals surface area contributed by atoms with Crippen LogP contribution in [0.25, 0.3) is 0 Å². The zero-order valence-corrected chi connectivity index (χ0v) is 22.3. The van der Waals surface area contributed by atoms with Crippen LogP contribution >= 0.6 is 0 Å². The molecule has 1 saturated heterocycles. The maximum atomic E-state index is 14.1. The van der Waals surface area contributed by atoms with Crippen molar-refractivity contribution in [3.05, 3.63) is 65.7 Å². The smallest absolute Gasteiger partial charge is 0.319 e. The number of carbonyl (C=O) groups excluding carboxylic acids is 3. The summed E-state index contributed by atoms with van der Waals surface area (Å²) < 4.78 is 0. The highest BCUT2D eigenvalue weighted by Gasteiger charge is 2.55. The number of Topliss-reactive ketones (excluding diaryl/α,β-unsaturated/α-hetero) is 1. The molecule has 6 heteroatoms. The summed E-state index contributed by atoms with van der Waals surface area (Å²) >= 11 is 0. The summed E-state index contributed by atoms with van der Waals surface area (Å²) in [7, 11) is 0. The van der Waals surface area contributed by atoms with Crippen molar-refractivity contribution in [3.8, 4) is 0 Å². The van der Waals surface area contributed by atoms with Crippen LogP contribution in [0.2, 0.25) is 0 Å². The van der Waals surface area contributed by atoms with Crippen LogP contribution in [0.1, 0.15) is 75.0 Å². The van der Waals surface area contributed by atoms with E-state index in [1.165, 1.54) is 19.3 Å². The van der Waals surface area contributed by atoms with E-state index in [-0.39, 0.29) is 29.7 Å². The maximum absolute atomic E-state index is 14.1. The molecule has 7 rings (SSSR count). The zero-order chi connectivity index (χ0) is 26.3. The van der Waals surface area contributed by atoms with Gasteiger partial charge in [-0.1, -0.05) is 48.0 Å². The first-order valence-corrected chi connectivity index (χ1v) is 14.4. The maximum Gasteiger partial charge on any atom is 0.319 e. The monoisotopic (exact) mass is 513 g/mol. The van der Waals surface area contributed by atoms with Gasteiger partial charge in [-0.05, 0) is 100 Å². The number of likely N-dealkylation sites (tertiary alicyclic amines) is 1. The van der Waals surface area contributed by atoms with Crippen LogP contribution in [0, 0.1) is 30.1 Å². The molecule has 0 radical (unpaired) electrons. The molecule has 3 amide bonds. The Morgan fingerprint density at radius 1 is 0.895 bits per heavy atom. The first-order valence-electron chi connectivity index (χ1n) is 14.4. The fourth-order valence-electron chi connectivity index (χ4n) is 8.23. The lowest BCUT2D eigenvalue weighted by atomic mass is 9.48. The molecule has 5 fully saturated rings. The van der Waals surface area contributed by atoms with Gasteiger partial charge in [0.2, 0.25) is 5.91 Å². The summed E-state index contributed by atoms with van der Waals surface area (Å²) in [6.07, 6.45) is 8.97. The molecular formula is C32H39N3O3. The van der Waals surface area contributed by atoms with E-state index in [0.717, 1.165) is 43.2 Å². The van der Waals surface area contributed by atoms with Crippen LogP contribution in [0.4, 0.5) is 10.5 Å². The molecule has 0 aromatic heterocycles. The van der Waals surface area contributed by atoms with Crippen molar-refractivity contribution < 1.29 is 14.4 Å². The van der Waals surface area contributed by atoms with Crippen LogP contribution in [0.3, 0.4) is 0 Å². The average Bonchev–Trinajstić information content (AvgIpc) is 3.04. The van der Waals surface area contributed by atoms with E-state index in [9.17, 15) is 14.4 Å². The van der Waals surface area contributed by atoms with Crippen molar-refractivity contribution in [2.24, 2.45) is 23.2 Å². The number of nitrogens with one attached hydrogen (secondary N) is 2. The fraction of sp³-hybridized carbons (Fsp3) is 0.531. The van der Waals surface area contributed by atoms with Crippen LogP contribution in [0.5, 0.6) is 0 Å². The van der Waals surface area contributed by atoms with Crippen LogP contribution < -0.4 is 10.6 Å². The predicted octanol–water partition coefficient (Wildman–Crippen LogP) is 6.02. The molecular weight excluding hydrogens is 474 g/mol. The topological polar surface area (TPSA) is 78.5 Å². The summed E-state index contributed by atoms with van der Waals surface area (Å²) in [5, 5.41) is 5.79. The Hall–Kier alpha value is -3.15. The van der Waals surface area contributed by atoms with Crippen molar-refractivity contribution >= 4 is 23.4 Å². The molecule has 4 aliphatic carbocycles. The molecule has 4 bridgehead atoms. The van der Waals surface area contributed by atoms with Crippen molar-refractivity contribution in [2.45, 2.75) is 76.8 Å². The fourth-order valence-corrected chi connectivity index (χ4v) is 8.23. The molecule has 1 heterocycles. The summed E-state index contributed by atoms with van der Waals surface area (Å²) in [6, 6.07) is 16.5. The summed E-state index contributed by atoms with van der Waals surface area (Å²) in [6.45, 7) is 2.14. The van der Waals surface area contributed by atoms with E-state index in [1.807, 2.05) is 49.4 Å². The molecule has 2 N–H and O–H groups in total. The summed E-state index contributed by atoms with van der Waals surface area (Å²) in [4.78, 5) is 42.8. The minimum absolute atomic E-state index is 0.141. The minimum Gasteiger partial charge on any atom is -0.327 e. The van der Waals surface area contributed by atoms with Gasteiger partial charge in [0.25, 0.3) is 0 Å². The highest BCUT2D eigenvalue weighted by atomic mass is 16.2. The molecule has 2 aromatic rings. The average molecular weight is 514 g/mol. The molecule has 0 spiro atoms. The number of benzene rings is 2. The second kappa shape index (κ2) is 10.2. The van der Waals surface area contributed by atoms with E-state index in [1.54, 1.807) is 4.90 Å². The van der Waals surface area contributed by atoms with Crippen molar-refractivity contribution in [2.75, 3.05) is 11.9 Å². The molecule has 200 valence electrons. The van der Waals surface area contributed by atoms with Gasteiger partial charge in [0.05, 0.1) is 12.6 Å². The molecule has 38 heavy (non-hydrogen) atoms. The number of rotatable bonds is 6. The molecule has 2 atom stereocenters. The Kier molecular flexibility index (Phi) is 6.75. The molecule has 1 aliphatic heterocycles. The number of hydrogen-bond donors (Lipinski definition) is 2. The van der Waals surface area contributed by atoms with Gasteiger partial charge in [0.15, 0.2) is 5.78 Å². The SMILES string of the molecule is Cc1ccc(NC(=O)NC2CCCC(c3ccccc3)N(CC(=O)C34CC5CC(CC(C5)C3)C4)C2=O)cc1. The normalized spacial score (nSPS) is 32.1. The third kappa shape index (κ3) is 4.97. The van der Waals surface area contributed by atoms with Crippen LogP contribution in [-0.4, -0.2) is 35.2 Å². The van der Waals surface area contributed by atoms with Gasteiger partial charge < -0.3 is 15.5 Å². The Balaban J connectivity index is 1.22. The minimum atomic E-state index is -0.654. The van der Waals surface area contributed by atoms with E-state index in [4.69, 9.17) is 0 Å². The van der Waals surface area contributed by atoms with Crippen molar-refractivity contribution in [3.63, 3.8) is 0 Å². The van der Waals surface area contributed by atoms with E-state index < -0.39 is 12.1 Å². The largest absolute Gasteiger partial charge is 0.327 e. The number of hydrogen-bond acceptors (Lipinski definition) is 3. The summed E-state index contributed by atoms with van der Waals surface area (Å²) in [5.74, 6) is 2.13. The van der Waals surface area contributed by atoms with Crippen LogP contribution in [-0.2, 0) is 9.59 Å². The second-order valence-corrected chi connectivity index (χ2v) is 12.5. The van der Waals surface area contributed by atoms with Gasteiger partial charge in [-0.2, -0.15) is 0 Å². The second-order valence-electron chi connectivity index (χ2n) is 12.5. The van der Waals surface area contributed by atoms with Gasteiger partial charge in [-0.25, -0.2) is 4.79 Å². The van der Waals surface area contributed by atoms with Gasteiger partial charge in [0, 0.05) is 11.1 Å². The van der Waals surface area contributed by atoms with Crippen molar-refractivity contribution in [1.29, 1.82) is 0 Å². The number of ketones is 1.